The summed E-state index contributed by atoms with van der Waals surface area (Å²) >= 11 is 0. The maximum atomic E-state index is 10.7. The van der Waals surface area contributed by atoms with Crippen LogP contribution in [0.5, 0.6) is 0 Å². The van der Waals surface area contributed by atoms with E-state index in [1.807, 2.05) is 18.2 Å². The maximum absolute atomic E-state index is 10.7. The van der Waals surface area contributed by atoms with Crippen LogP contribution >= 0.6 is 0 Å². The summed E-state index contributed by atoms with van der Waals surface area (Å²) in [6, 6.07) is 5.53. The smallest absolute Gasteiger partial charge is 0.236 e. The van der Waals surface area contributed by atoms with Crippen LogP contribution in [0.3, 0.4) is 0 Å². The van der Waals surface area contributed by atoms with Gasteiger partial charge in [0.05, 0.1) is 6.54 Å². The third-order valence-corrected chi connectivity index (χ3v) is 2.15. The van der Waals surface area contributed by atoms with Crippen molar-refractivity contribution in [1.29, 1.82) is 0 Å². The average molecular weight is 205 g/mol. The number of oxazole rings is 1. The number of nitrogens with zero attached hydrogens (tertiary/aromatic N) is 2. The topological polar surface area (TPSA) is 72.4 Å². The second-order valence-corrected chi connectivity index (χ2v) is 3.33. The van der Waals surface area contributed by atoms with E-state index in [9.17, 15) is 4.79 Å². The van der Waals surface area contributed by atoms with Crippen molar-refractivity contribution in [3.63, 3.8) is 0 Å². The molecule has 0 saturated heterocycles. The van der Waals surface area contributed by atoms with E-state index in [2.05, 4.69) is 4.98 Å². The lowest BCUT2D eigenvalue weighted by Gasteiger charge is -2.16. The molecule has 0 radical (unpaired) electrons. The number of rotatable bonds is 3. The minimum Gasteiger partial charge on any atom is -0.443 e. The van der Waals surface area contributed by atoms with Crippen molar-refractivity contribution in [1.82, 2.24) is 4.98 Å². The standard InChI is InChI=1S/C10H11N3O2/c1-13(5-10(11)14)7-2-3-8-9(4-7)15-6-12-8/h2-4,6H,5H2,1H3,(H2,11,14). The molecule has 5 nitrogen and oxygen atoms in total. The first-order valence-corrected chi connectivity index (χ1v) is 4.49. The number of hydrogen-bond acceptors (Lipinski definition) is 4. The number of carbonyl (C=O) groups excluding carboxylic acids is 1. The van der Waals surface area contributed by atoms with Crippen molar-refractivity contribution >= 4 is 22.7 Å². The highest BCUT2D eigenvalue weighted by atomic mass is 16.3. The summed E-state index contributed by atoms with van der Waals surface area (Å²) < 4.78 is 5.16. The maximum Gasteiger partial charge on any atom is 0.236 e. The molecule has 78 valence electrons. The Morgan fingerprint density at radius 3 is 3.13 bits per heavy atom. The van der Waals surface area contributed by atoms with Crippen LogP contribution in [0.25, 0.3) is 11.1 Å². The Kier molecular flexibility index (Phi) is 2.29. The van der Waals surface area contributed by atoms with Crippen molar-refractivity contribution in [2.45, 2.75) is 0 Å². The van der Waals surface area contributed by atoms with Crippen molar-refractivity contribution in [2.75, 3.05) is 18.5 Å². The molecular formula is C10H11N3O2. The summed E-state index contributed by atoms with van der Waals surface area (Å²) in [7, 11) is 1.79. The van der Waals surface area contributed by atoms with Crippen LogP contribution in [0.4, 0.5) is 5.69 Å². The van der Waals surface area contributed by atoms with E-state index >= 15 is 0 Å². The number of aromatic nitrogens is 1. The van der Waals surface area contributed by atoms with Crippen molar-refractivity contribution in [2.24, 2.45) is 5.73 Å². The molecule has 0 aliphatic rings. The van der Waals surface area contributed by atoms with E-state index in [1.54, 1.807) is 11.9 Å². The monoisotopic (exact) mass is 205 g/mol. The summed E-state index contributed by atoms with van der Waals surface area (Å²) in [5.74, 6) is -0.366. The largest absolute Gasteiger partial charge is 0.443 e. The van der Waals surface area contributed by atoms with Crippen LogP contribution in [-0.2, 0) is 4.79 Å². The molecule has 0 atom stereocenters. The zero-order valence-electron chi connectivity index (χ0n) is 8.30. The summed E-state index contributed by atoms with van der Waals surface area (Å²) in [5.41, 5.74) is 7.48. The number of anilines is 1. The van der Waals surface area contributed by atoms with Crippen LogP contribution in [0.1, 0.15) is 0 Å². The van der Waals surface area contributed by atoms with E-state index in [-0.39, 0.29) is 12.5 Å². The Bertz CT molecular complexity index is 492. The van der Waals surface area contributed by atoms with Gasteiger partial charge in [0.15, 0.2) is 12.0 Å². The molecule has 15 heavy (non-hydrogen) atoms. The molecule has 5 heteroatoms. The molecule has 1 amide bonds. The number of likely N-dealkylation sites (N-methyl/N-ethyl adjacent to an activating group) is 1. The number of primary amides is 1. The molecule has 1 heterocycles. The Balaban J connectivity index is 2.30. The molecule has 1 aromatic heterocycles. The van der Waals surface area contributed by atoms with Gasteiger partial charge in [-0.1, -0.05) is 0 Å². The van der Waals surface area contributed by atoms with E-state index in [1.165, 1.54) is 6.39 Å². The molecule has 0 saturated carbocycles. The van der Waals surface area contributed by atoms with Crippen LogP contribution in [0.2, 0.25) is 0 Å². The van der Waals surface area contributed by atoms with Gasteiger partial charge in [0.2, 0.25) is 5.91 Å². The zero-order valence-corrected chi connectivity index (χ0v) is 8.30. The highest BCUT2D eigenvalue weighted by Gasteiger charge is 2.06. The number of hydrogen-bond donors (Lipinski definition) is 1. The minimum absolute atomic E-state index is 0.180. The fourth-order valence-corrected chi connectivity index (χ4v) is 1.41. The van der Waals surface area contributed by atoms with Gasteiger partial charge < -0.3 is 15.1 Å². The average Bonchev–Trinajstić information content (AvgIpc) is 2.62. The van der Waals surface area contributed by atoms with Crippen LogP contribution in [-0.4, -0.2) is 24.5 Å². The highest BCUT2D eigenvalue weighted by Crippen LogP contribution is 2.19. The van der Waals surface area contributed by atoms with Gasteiger partial charge in [0.25, 0.3) is 0 Å². The lowest BCUT2D eigenvalue weighted by Crippen LogP contribution is -2.30. The second kappa shape index (κ2) is 3.61. The van der Waals surface area contributed by atoms with Gasteiger partial charge in [-0.2, -0.15) is 0 Å². The third-order valence-electron chi connectivity index (χ3n) is 2.15. The quantitative estimate of drug-likeness (QED) is 0.802. The van der Waals surface area contributed by atoms with E-state index in [0.29, 0.717) is 5.58 Å². The Hall–Kier alpha value is -2.04. The Labute approximate surface area is 86.5 Å². The lowest BCUT2D eigenvalue weighted by molar-refractivity contribution is -0.116. The van der Waals surface area contributed by atoms with Crippen molar-refractivity contribution in [3.05, 3.63) is 24.6 Å². The molecular weight excluding hydrogens is 194 g/mol. The van der Waals surface area contributed by atoms with Crippen molar-refractivity contribution < 1.29 is 9.21 Å². The first kappa shape index (κ1) is 9.51. The predicted octanol–water partition coefficient (Wildman–Crippen LogP) is 0.749. The fourth-order valence-electron chi connectivity index (χ4n) is 1.41. The zero-order chi connectivity index (χ0) is 10.8. The molecule has 0 spiro atoms. The summed E-state index contributed by atoms with van der Waals surface area (Å²) in [6.45, 7) is 0.180. The first-order valence-electron chi connectivity index (χ1n) is 4.49. The third kappa shape index (κ3) is 1.90. The molecule has 0 bridgehead atoms. The molecule has 0 aliphatic heterocycles. The van der Waals surface area contributed by atoms with Gasteiger partial charge in [-0.25, -0.2) is 4.98 Å². The Morgan fingerprint density at radius 1 is 1.60 bits per heavy atom. The number of nitrogens with two attached hydrogens (primary N) is 1. The number of amides is 1. The normalized spacial score (nSPS) is 10.5. The second-order valence-electron chi connectivity index (χ2n) is 3.33. The Morgan fingerprint density at radius 2 is 2.40 bits per heavy atom. The van der Waals surface area contributed by atoms with Gasteiger partial charge in [0, 0.05) is 18.8 Å². The van der Waals surface area contributed by atoms with Crippen LogP contribution in [0.15, 0.2) is 29.0 Å². The van der Waals surface area contributed by atoms with Gasteiger partial charge >= 0.3 is 0 Å². The minimum atomic E-state index is -0.366. The molecule has 0 fully saturated rings. The molecule has 0 aliphatic carbocycles. The SMILES string of the molecule is CN(CC(N)=O)c1ccc2ncoc2c1. The van der Waals surface area contributed by atoms with Crippen LogP contribution < -0.4 is 10.6 Å². The lowest BCUT2D eigenvalue weighted by atomic mass is 10.2. The molecule has 1 aromatic carbocycles. The molecule has 2 aromatic rings. The van der Waals surface area contributed by atoms with Gasteiger partial charge in [-0.15, -0.1) is 0 Å². The van der Waals surface area contributed by atoms with Gasteiger partial charge in [-0.05, 0) is 12.1 Å². The van der Waals surface area contributed by atoms with E-state index in [4.69, 9.17) is 10.2 Å². The summed E-state index contributed by atoms with van der Waals surface area (Å²) in [6.07, 6.45) is 1.39. The van der Waals surface area contributed by atoms with Gasteiger partial charge in [-0.3, -0.25) is 4.79 Å². The molecule has 2 N–H and O–H groups in total. The fraction of sp³-hybridized carbons (Fsp3) is 0.200. The summed E-state index contributed by atoms with van der Waals surface area (Å²) in [4.78, 5) is 16.5. The first-order chi connectivity index (χ1) is 7.16. The van der Waals surface area contributed by atoms with Gasteiger partial charge in [0.1, 0.15) is 5.52 Å². The van der Waals surface area contributed by atoms with E-state index < -0.39 is 0 Å². The highest BCUT2D eigenvalue weighted by molar-refractivity contribution is 5.82. The molecule has 2 rings (SSSR count). The number of fused-ring (bicyclic) bond motifs is 1. The summed E-state index contributed by atoms with van der Waals surface area (Å²) in [5, 5.41) is 0. The van der Waals surface area contributed by atoms with Crippen LogP contribution in [0, 0.1) is 0 Å². The molecule has 0 unspecified atom stereocenters. The van der Waals surface area contributed by atoms with Crippen molar-refractivity contribution in [3.8, 4) is 0 Å². The number of benzene rings is 1. The van der Waals surface area contributed by atoms with E-state index in [0.717, 1.165) is 11.2 Å². The number of carbonyl (C=O) groups is 1. The predicted molar refractivity (Wildman–Crippen MR) is 56.5 cm³/mol.